The van der Waals surface area contributed by atoms with Gasteiger partial charge in [0.1, 0.15) is 0 Å². The van der Waals surface area contributed by atoms with Crippen LogP contribution >= 0.6 is 0 Å². The normalized spacial score (nSPS) is 12.9. The van der Waals surface area contributed by atoms with Crippen molar-refractivity contribution in [3.63, 3.8) is 0 Å². The van der Waals surface area contributed by atoms with Crippen LogP contribution in [0.5, 0.6) is 0 Å². The van der Waals surface area contributed by atoms with Gasteiger partial charge >= 0.3 is 0 Å². The highest BCUT2D eigenvalue weighted by Crippen LogP contribution is 2.19. The van der Waals surface area contributed by atoms with E-state index in [2.05, 4.69) is 88.4 Å². The molecule has 1 aliphatic carbocycles. The van der Waals surface area contributed by atoms with Gasteiger partial charge in [-0.2, -0.15) is 0 Å². The van der Waals surface area contributed by atoms with Gasteiger partial charge in [-0.25, -0.2) is 0 Å². The second-order valence-corrected chi connectivity index (χ2v) is 12.4. The van der Waals surface area contributed by atoms with Crippen LogP contribution in [0.4, 0.5) is 5.69 Å². The lowest BCUT2D eigenvalue weighted by molar-refractivity contribution is 0.444. The van der Waals surface area contributed by atoms with Crippen molar-refractivity contribution in [1.82, 2.24) is 0 Å². The van der Waals surface area contributed by atoms with Crippen LogP contribution in [-0.2, 0) is 0 Å². The van der Waals surface area contributed by atoms with Crippen LogP contribution in [0.15, 0.2) is 70.3 Å². The van der Waals surface area contributed by atoms with Gasteiger partial charge in [0.05, 0.1) is 11.2 Å². The second kappa shape index (κ2) is 57.9. The lowest BCUT2D eigenvalue weighted by Crippen LogP contribution is -2.08. The second-order valence-electron chi connectivity index (χ2n) is 12.4. The third kappa shape index (κ3) is 83.3. The summed E-state index contributed by atoms with van der Waals surface area (Å²) in [6.07, 6.45) is 25.1. The molecule has 0 heterocycles. The summed E-state index contributed by atoms with van der Waals surface area (Å²) in [6, 6.07) is 11.0. The summed E-state index contributed by atoms with van der Waals surface area (Å²) in [6.45, 7) is 35.0. The Bertz CT molecular complexity index is 989. The number of aliphatic imine (C=N–C) groups is 8. The number of rotatable bonds is 9. The van der Waals surface area contributed by atoms with Crippen LogP contribution in [0.1, 0.15) is 162 Å². The third-order valence-corrected chi connectivity index (χ3v) is 5.91. The van der Waals surface area contributed by atoms with Gasteiger partial charge in [0, 0.05) is 45.0 Å². The molecule has 8 nitrogen and oxygen atoms in total. The third-order valence-electron chi connectivity index (χ3n) is 5.91. The number of benzene rings is 1. The number of para-hydroxylation sites is 1. The average molecular weight is 741 g/mol. The highest BCUT2D eigenvalue weighted by Gasteiger charge is 2.09. The zero-order valence-corrected chi connectivity index (χ0v) is 38.0. The Labute approximate surface area is 331 Å². The largest absolute Gasteiger partial charge is 0.301 e. The van der Waals surface area contributed by atoms with E-state index in [1.54, 1.807) is 25.7 Å². The first-order valence-electron chi connectivity index (χ1n) is 20.0. The Morgan fingerprint density at radius 3 is 1.43 bits per heavy atom. The molecule has 0 saturated heterocycles. The van der Waals surface area contributed by atoms with Crippen molar-refractivity contribution >= 4 is 55.4 Å². The fraction of sp³-hybridized carbons (Fsp3) is 0.689. The van der Waals surface area contributed by atoms with E-state index in [0.29, 0.717) is 12.1 Å². The minimum atomic E-state index is 0.120. The average Bonchev–Trinajstić information content (AvgIpc) is 3.14. The molecule has 0 unspecified atom stereocenters. The lowest BCUT2D eigenvalue weighted by atomic mass is 9.96. The molecule has 0 N–H and O–H groups in total. The number of unbranched alkanes of at least 4 members (excludes halogenated alkanes) is 1. The van der Waals surface area contributed by atoms with Crippen molar-refractivity contribution in [3.8, 4) is 0 Å². The summed E-state index contributed by atoms with van der Waals surface area (Å²) >= 11 is 0. The lowest BCUT2D eigenvalue weighted by Gasteiger charge is -2.16. The molecule has 1 fully saturated rings. The number of hydrogen-bond acceptors (Lipinski definition) is 8. The van der Waals surface area contributed by atoms with Gasteiger partial charge in [0.15, 0.2) is 0 Å². The molecule has 0 bridgehead atoms. The van der Waals surface area contributed by atoms with E-state index >= 15 is 0 Å². The van der Waals surface area contributed by atoms with Crippen molar-refractivity contribution in [2.75, 3.05) is 26.7 Å². The Balaban J connectivity index is -0.000000121. The van der Waals surface area contributed by atoms with E-state index in [4.69, 9.17) is 0 Å². The van der Waals surface area contributed by atoms with Crippen molar-refractivity contribution in [3.05, 3.63) is 30.3 Å². The first kappa shape index (κ1) is 61.6. The van der Waals surface area contributed by atoms with E-state index in [0.717, 1.165) is 31.7 Å². The molecule has 0 atom stereocenters. The Morgan fingerprint density at radius 2 is 1.17 bits per heavy atom. The van der Waals surface area contributed by atoms with E-state index in [-0.39, 0.29) is 5.54 Å². The molecular formula is C45H88N8. The molecule has 8 heteroatoms. The molecule has 0 radical (unpaired) electrons. The maximum atomic E-state index is 4.36. The van der Waals surface area contributed by atoms with Crippen LogP contribution in [0.3, 0.4) is 0 Å². The van der Waals surface area contributed by atoms with Gasteiger partial charge in [-0.1, -0.05) is 57.7 Å². The summed E-state index contributed by atoms with van der Waals surface area (Å²) in [5, 5.41) is 0. The predicted molar refractivity (Wildman–Crippen MR) is 253 cm³/mol. The van der Waals surface area contributed by atoms with Gasteiger partial charge < -0.3 is 4.99 Å². The van der Waals surface area contributed by atoms with Gasteiger partial charge in [-0.3, -0.25) is 34.9 Å². The summed E-state index contributed by atoms with van der Waals surface area (Å²) in [7, 11) is 1.75. The van der Waals surface area contributed by atoms with Crippen LogP contribution in [-0.4, -0.2) is 94.0 Å². The Morgan fingerprint density at radius 1 is 0.642 bits per heavy atom. The van der Waals surface area contributed by atoms with Gasteiger partial charge in [-0.15, -0.1) is 0 Å². The molecule has 1 aromatic rings. The number of nitrogens with zero attached hydrogens (tertiary/aromatic N) is 8. The van der Waals surface area contributed by atoms with Crippen LogP contribution in [0, 0.1) is 0 Å². The van der Waals surface area contributed by atoms with Crippen molar-refractivity contribution in [2.24, 2.45) is 39.9 Å². The van der Waals surface area contributed by atoms with Gasteiger partial charge in [0.25, 0.3) is 0 Å². The summed E-state index contributed by atoms with van der Waals surface area (Å²) in [5.74, 6) is 0. The molecule has 2 rings (SSSR count). The molecule has 1 aromatic carbocycles. The van der Waals surface area contributed by atoms with Crippen LogP contribution in [0.2, 0.25) is 0 Å². The van der Waals surface area contributed by atoms with Crippen molar-refractivity contribution in [2.45, 2.75) is 180 Å². The maximum Gasteiger partial charge on any atom is 0.0625 e. The zero-order valence-electron chi connectivity index (χ0n) is 38.0. The fourth-order valence-electron chi connectivity index (χ4n) is 3.61. The standard InChI is InChI=1S/C8H15N.C8H9N.2C6H13N.2C5H11N.C4H9N.C3H7N/c2*1-2-9-8-6-4-3-5-7-8;1-5-7-6(2,3)4;1-3-5-6-7-4-2;1-4-6-5(2)3;1-3-5-6-4-2;1-3-5-4-2;1-3-4-2/h2,8H,3-7H2,1H3;2-7H,1H3;5H,1-4H3;4H,3,5-6H2,1-2H3;4-5H,1-3H3;4H,3,5H2,1-2H3;3H,4H2,1-2H3;3H,1-2H3. The van der Waals surface area contributed by atoms with Gasteiger partial charge in [0.2, 0.25) is 0 Å². The first-order valence-corrected chi connectivity index (χ1v) is 20.0. The minimum absolute atomic E-state index is 0.120. The molecule has 308 valence electrons. The highest BCUT2D eigenvalue weighted by atomic mass is 14.8. The summed E-state index contributed by atoms with van der Waals surface area (Å²) < 4.78 is 0. The fourth-order valence-corrected chi connectivity index (χ4v) is 3.61. The zero-order chi connectivity index (χ0) is 41.9. The summed E-state index contributed by atoms with van der Waals surface area (Å²) in [5.41, 5.74) is 1.13. The number of hydrogen-bond donors (Lipinski definition) is 0. The summed E-state index contributed by atoms with van der Waals surface area (Å²) in [4.78, 5) is 32.0. The minimum Gasteiger partial charge on any atom is -0.301 e. The molecule has 1 saturated carbocycles. The Hall–Kier alpha value is -3.42. The van der Waals surface area contributed by atoms with Crippen molar-refractivity contribution < 1.29 is 0 Å². The molecule has 0 aromatic heterocycles. The quantitative estimate of drug-likeness (QED) is 0.178. The maximum absolute atomic E-state index is 4.36. The van der Waals surface area contributed by atoms with E-state index in [9.17, 15) is 0 Å². The van der Waals surface area contributed by atoms with E-state index in [1.807, 2.05) is 124 Å². The van der Waals surface area contributed by atoms with Crippen LogP contribution < -0.4 is 0 Å². The molecule has 0 spiro atoms. The Kier molecular flexibility index (Phi) is 67.3. The van der Waals surface area contributed by atoms with Crippen molar-refractivity contribution in [1.29, 1.82) is 0 Å². The van der Waals surface area contributed by atoms with E-state index < -0.39 is 0 Å². The monoisotopic (exact) mass is 741 g/mol. The molecular weight excluding hydrogens is 653 g/mol. The molecule has 0 aliphatic heterocycles. The van der Waals surface area contributed by atoms with E-state index in [1.165, 1.54) is 44.9 Å². The van der Waals surface area contributed by atoms with Crippen LogP contribution in [0.25, 0.3) is 0 Å². The SMILES string of the molecule is CC=NC.CC=NC(C)(C)C.CC=NC(C)C.CC=NC1CCCCC1.CC=NCC.CC=NCCC.CC=NCCCC.CC=Nc1ccccc1. The first-order chi connectivity index (χ1) is 25.4. The molecule has 1 aliphatic rings. The molecule has 0 amide bonds. The van der Waals surface area contributed by atoms with Gasteiger partial charge in [-0.05, 0) is 178 Å². The molecule has 53 heavy (non-hydrogen) atoms. The smallest absolute Gasteiger partial charge is 0.0625 e. The highest BCUT2D eigenvalue weighted by molar-refractivity contribution is 5.60. The topological polar surface area (TPSA) is 98.9 Å². The predicted octanol–water partition coefficient (Wildman–Crippen LogP) is 13.3.